The molecule has 0 saturated carbocycles. The summed E-state index contributed by atoms with van der Waals surface area (Å²) in [6, 6.07) is 0. The number of aromatic nitrogens is 2. The summed E-state index contributed by atoms with van der Waals surface area (Å²) >= 11 is 22.4. The van der Waals surface area contributed by atoms with Gasteiger partial charge in [0.2, 0.25) is 3.79 Å². The van der Waals surface area contributed by atoms with Crippen LogP contribution in [-0.4, -0.2) is 9.97 Å². The minimum absolute atomic E-state index is 0.152. The molecule has 0 unspecified atom stereocenters. The number of rotatable bonds is 1. The van der Waals surface area contributed by atoms with Crippen molar-refractivity contribution in [1.29, 1.82) is 0 Å². The lowest BCUT2D eigenvalue weighted by atomic mass is 10.3. The van der Waals surface area contributed by atoms with Gasteiger partial charge in [0.25, 0.3) is 0 Å². The molecule has 2 nitrogen and oxygen atoms in total. The zero-order chi connectivity index (χ0) is 10.1. The summed E-state index contributed by atoms with van der Waals surface area (Å²) in [6.45, 7) is 1.85. The van der Waals surface area contributed by atoms with Crippen LogP contribution in [0.1, 0.15) is 17.1 Å². The topological polar surface area (TPSA) is 25.8 Å². The number of nitrogens with zero attached hydrogens (tertiary/aromatic N) is 2. The second-order valence-electron chi connectivity index (χ2n) is 2.45. The zero-order valence-electron chi connectivity index (χ0n) is 6.69. The van der Waals surface area contributed by atoms with E-state index in [1.54, 1.807) is 6.20 Å². The lowest BCUT2D eigenvalue weighted by Gasteiger charge is -2.10. The molecule has 1 aromatic rings. The molecule has 1 aromatic heterocycles. The van der Waals surface area contributed by atoms with E-state index in [4.69, 9.17) is 46.4 Å². The molecule has 0 amide bonds. The molecule has 1 rings (SSSR count). The van der Waals surface area contributed by atoms with Gasteiger partial charge >= 0.3 is 0 Å². The van der Waals surface area contributed by atoms with Crippen LogP contribution in [0.3, 0.4) is 0 Å². The first-order valence-electron chi connectivity index (χ1n) is 3.41. The van der Waals surface area contributed by atoms with Crippen LogP contribution in [0.15, 0.2) is 6.20 Å². The molecule has 0 aliphatic carbocycles. The van der Waals surface area contributed by atoms with Crippen LogP contribution in [0.5, 0.6) is 0 Å². The van der Waals surface area contributed by atoms with Gasteiger partial charge in [-0.05, 0) is 12.5 Å². The van der Waals surface area contributed by atoms with Gasteiger partial charge in [0.15, 0.2) is 5.82 Å². The number of hydrogen-bond donors (Lipinski definition) is 0. The van der Waals surface area contributed by atoms with Gasteiger partial charge in [0.1, 0.15) is 0 Å². The molecule has 0 aliphatic rings. The molecule has 0 N–H and O–H groups in total. The fourth-order valence-corrected chi connectivity index (χ4v) is 1.29. The second kappa shape index (κ2) is 4.18. The average Bonchev–Trinajstić information content (AvgIpc) is 2.03. The third kappa shape index (κ3) is 2.84. The summed E-state index contributed by atoms with van der Waals surface area (Å²) in [4.78, 5) is 7.92. The Labute approximate surface area is 96.2 Å². The van der Waals surface area contributed by atoms with Crippen LogP contribution in [0.4, 0.5) is 0 Å². The SMILES string of the molecule is Cc1cnc(C(Cl)(Cl)Cl)nc1CCl. The van der Waals surface area contributed by atoms with Gasteiger partial charge in [0.05, 0.1) is 11.6 Å². The van der Waals surface area contributed by atoms with Gasteiger partial charge in [0, 0.05) is 6.20 Å². The van der Waals surface area contributed by atoms with E-state index in [0.29, 0.717) is 5.69 Å². The van der Waals surface area contributed by atoms with Gasteiger partial charge < -0.3 is 0 Å². The van der Waals surface area contributed by atoms with Crippen molar-refractivity contribution in [2.75, 3.05) is 0 Å². The molecule has 1 heterocycles. The highest BCUT2D eigenvalue weighted by Gasteiger charge is 2.26. The van der Waals surface area contributed by atoms with Crippen molar-refractivity contribution >= 4 is 46.4 Å². The Kier molecular flexibility index (Phi) is 3.64. The molecule has 0 aliphatic heterocycles. The van der Waals surface area contributed by atoms with Crippen LogP contribution < -0.4 is 0 Å². The van der Waals surface area contributed by atoms with Crippen LogP contribution in [0, 0.1) is 6.92 Å². The van der Waals surface area contributed by atoms with Crippen molar-refractivity contribution in [3.63, 3.8) is 0 Å². The molecule has 0 fully saturated rings. The van der Waals surface area contributed by atoms with Gasteiger partial charge in [-0.15, -0.1) is 11.6 Å². The first-order chi connectivity index (χ1) is 5.95. The van der Waals surface area contributed by atoms with Crippen molar-refractivity contribution in [3.05, 3.63) is 23.3 Å². The second-order valence-corrected chi connectivity index (χ2v) is 5.00. The molecular weight excluding hydrogens is 254 g/mol. The van der Waals surface area contributed by atoms with E-state index in [1.165, 1.54) is 0 Å². The Morgan fingerprint density at radius 3 is 2.46 bits per heavy atom. The minimum atomic E-state index is -1.59. The molecule has 13 heavy (non-hydrogen) atoms. The average molecular weight is 260 g/mol. The number of hydrogen-bond acceptors (Lipinski definition) is 2. The fraction of sp³-hybridized carbons (Fsp3) is 0.429. The Balaban J connectivity index is 3.14. The van der Waals surface area contributed by atoms with E-state index in [-0.39, 0.29) is 11.7 Å². The molecule has 6 heteroatoms. The monoisotopic (exact) mass is 258 g/mol. The summed E-state index contributed by atoms with van der Waals surface area (Å²) in [6.07, 6.45) is 1.59. The highest BCUT2D eigenvalue weighted by Crippen LogP contribution is 2.35. The first kappa shape index (κ1) is 11.3. The van der Waals surface area contributed by atoms with E-state index in [0.717, 1.165) is 5.56 Å². The van der Waals surface area contributed by atoms with E-state index in [2.05, 4.69) is 9.97 Å². The summed E-state index contributed by atoms with van der Waals surface area (Å²) in [5.41, 5.74) is 1.56. The lowest BCUT2D eigenvalue weighted by Crippen LogP contribution is -2.09. The standard InChI is InChI=1S/C7H6Cl4N2/c1-4-3-12-6(7(9,10)11)13-5(4)2-8/h3H,2H2,1H3. The van der Waals surface area contributed by atoms with Crippen molar-refractivity contribution < 1.29 is 0 Å². The molecular formula is C7H6Cl4N2. The Morgan fingerprint density at radius 2 is 2.00 bits per heavy atom. The van der Waals surface area contributed by atoms with Crippen molar-refractivity contribution in [1.82, 2.24) is 9.97 Å². The predicted molar refractivity (Wildman–Crippen MR) is 55.6 cm³/mol. The van der Waals surface area contributed by atoms with Gasteiger partial charge in [-0.1, -0.05) is 34.8 Å². The van der Waals surface area contributed by atoms with Gasteiger partial charge in [-0.3, -0.25) is 0 Å². The van der Waals surface area contributed by atoms with Gasteiger partial charge in [-0.25, -0.2) is 9.97 Å². The molecule has 0 radical (unpaired) electrons. The molecule has 0 bridgehead atoms. The fourth-order valence-electron chi connectivity index (χ4n) is 0.749. The molecule has 0 saturated heterocycles. The lowest BCUT2D eigenvalue weighted by molar-refractivity contribution is 0.918. The van der Waals surface area contributed by atoms with E-state index in [1.807, 2.05) is 6.92 Å². The van der Waals surface area contributed by atoms with E-state index in [9.17, 15) is 0 Å². The summed E-state index contributed by atoms with van der Waals surface area (Å²) < 4.78 is -1.59. The largest absolute Gasteiger partial charge is 0.250 e. The third-order valence-corrected chi connectivity index (χ3v) is 2.22. The maximum atomic E-state index is 5.63. The van der Waals surface area contributed by atoms with Crippen LogP contribution >= 0.6 is 46.4 Å². The maximum Gasteiger partial charge on any atom is 0.250 e. The number of halogens is 4. The number of aryl methyl sites for hydroxylation is 1. The van der Waals surface area contributed by atoms with Gasteiger partial charge in [-0.2, -0.15) is 0 Å². The molecule has 0 spiro atoms. The zero-order valence-corrected chi connectivity index (χ0v) is 9.71. The normalized spacial score (nSPS) is 11.8. The highest BCUT2D eigenvalue weighted by molar-refractivity contribution is 6.66. The molecule has 0 atom stereocenters. The highest BCUT2D eigenvalue weighted by atomic mass is 35.6. The van der Waals surface area contributed by atoms with Crippen molar-refractivity contribution in [2.24, 2.45) is 0 Å². The number of alkyl halides is 4. The summed E-state index contributed by atoms with van der Waals surface area (Å²) in [5, 5.41) is 0. The quantitative estimate of drug-likeness (QED) is 0.723. The van der Waals surface area contributed by atoms with Crippen LogP contribution in [-0.2, 0) is 9.67 Å². The van der Waals surface area contributed by atoms with E-state index >= 15 is 0 Å². The predicted octanol–water partition coefficient (Wildman–Crippen LogP) is 3.35. The van der Waals surface area contributed by atoms with E-state index < -0.39 is 3.79 Å². The molecule has 72 valence electrons. The summed E-state index contributed by atoms with van der Waals surface area (Å²) in [7, 11) is 0. The third-order valence-electron chi connectivity index (χ3n) is 1.46. The molecule has 0 aromatic carbocycles. The van der Waals surface area contributed by atoms with Crippen LogP contribution in [0.25, 0.3) is 0 Å². The first-order valence-corrected chi connectivity index (χ1v) is 5.07. The summed E-state index contributed by atoms with van der Waals surface area (Å²) in [5.74, 6) is 0.431. The van der Waals surface area contributed by atoms with Crippen molar-refractivity contribution in [2.45, 2.75) is 16.6 Å². The van der Waals surface area contributed by atoms with Crippen LogP contribution in [0.2, 0.25) is 0 Å². The smallest absolute Gasteiger partial charge is 0.237 e. The minimum Gasteiger partial charge on any atom is -0.237 e. The Morgan fingerprint density at radius 1 is 1.38 bits per heavy atom. The Hall–Kier alpha value is 0.240. The van der Waals surface area contributed by atoms with Crippen molar-refractivity contribution in [3.8, 4) is 0 Å². The maximum absolute atomic E-state index is 5.63. The Bertz CT molecular complexity index is 308.